The zero-order valence-electron chi connectivity index (χ0n) is 18.4. The van der Waals surface area contributed by atoms with E-state index in [1.165, 1.54) is 83.5 Å². The predicted octanol–water partition coefficient (Wildman–Crippen LogP) is 6.49. The molecule has 0 spiro atoms. The van der Waals surface area contributed by atoms with E-state index in [1.807, 2.05) is 6.07 Å². The fourth-order valence-electron chi connectivity index (χ4n) is 3.44. The van der Waals surface area contributed by atoms with Crippen LogP contribution < -0.4 is 5.48 Å². The third-order valence-corrected chi connectivity index (χ3v) is 5.27. The second kappa shape index (κ2) is 21.4. The number of amides is 1. The van der Waals surface area contributed by atoms with E-state index in [9.17, 15) is 9.59 Å². The van der Waals surface area contributed by atoms with Crippen LogP contribution in [0.25, 0.3) is 0 Å². The van der Waals surface area contributed by atoms with E-state index in [0.717, 1.165) is 12.8 Å². The molecule has 0 fully saturated rings. The molecule has 30 heavy (non-hydrogen) atoms. The summed E-state index contributed by atoms with van der Waals surface area (Å²) in [5.41, 5.74) is 2.67. The summed E-state index contributed by atoms with van der Waals surface area (Å²) in [6, 6.07) is 8.65. The fourth-order valence-corrected chi connectivity index (χ4v) is 3.44. The molecule has 1 amide bonds. The molecule has 0 aliphatic carbocycles. The van der Waals surface area contributed by atoms with Gasteiger partial charge in [0.1, 0.15) is 0 Å². The van der Waals surface area contributed by atoms with Crippen LogP contribution in [0.1, 0.15) is 120 Å². The Labute approximate surface area is 206 Å². The summed E-state index contributed by atoms with van der Waals surface area (Å²) in [6.07, 6.45) is 19.9. The minimum absolute atomic E-state index is 0. The zero-order valence-corrected chi connectivity index (χ0v) is 18.4. The summed E-state index contributed by atoms with van der Waals surface area (Å²) >= 11 is 0. The molecule has 1 aromatic carbocycles. The molecule has 1 aromatic rings. The van der Waals surface area contributed by atoms with Gasteiger partial charge in [0.25, 0.3) is 5.91 Å². The first kappa shape index (κ1) is 29.2. The number of benzene rings is 1. The van der Waals surface area contributed by atoms with Gasteiger partial charge in [-0.2, -0.15) is 5.48 Å². The van der Waals surface area contributed by atoms with Crippen molar-refractivity contribution in [3.8, 4) is 0 Å². The topological polar surface area (TPSA) is 55.4 Å². The zero-order chi connectivity index (χ0) is 21.0. The Balaban J connectivity index is 0.00000841. The van der Waals surface area contributed by atoms with Crippen LogP contribution in [-0.2, 0) is 9.63 Å². The summed E-state index contributed by atoms with van der Waals surface area (Å²) in [6.45, 7) is 2.27. The van der Waals surface area contributed by atoms with Crippen LogP contribution >= 0.6 is 0 Å². The van der Waals surface area contributed by atoms with Gasteiger partial charge in [0, 0.05) is 6.42 Å². The van der Waals surface area contributed by atoms with Crippen LogP contribution in [-0.4, -0.2) is 41.4 Å². The molecule has 1 rings (SSSR count). The summed E-state index contributed by atoms with van der Waals surface area (Å²) in [5.74, 6) is -0.764. The van der Waals surface area contributed by atoms with Gasteiger partial charge in [-0.05, 0) is 18.6 Å². The summed E-state index contributed by atoms with van der Waals surface area (Å²) < 4.78 is 0. The number of hydrogen-bond donors (Lipinski definition) is 1. The second-order valence-corrected chi connectivity index (χ2v) is 7.98. The fraction of sp³-hybridized carbons (Fsp3) is 0.680. The van der Waals surface area contributed by atoms with Crippen LogP contribution in [0.5, 0.6) is 0 Å². The maximum absolute atomic E-state index is 11.7. The molecule has 0 atom stereocenters. The molecule has 0 aromatic heterocycles. The first-order valence-electron chi connectivity index (χ1n) is 11.8. The third-order valence-electron chi connectivity index (χ3n) is 5.27. The van der Waals surface area contributed by atoms with Gasteiger partial charge >= 0.3 is 35.5 Å². The Kier molecular flexibility index (Phi) is 20.8. The van der Waals surface area contributed by atoms with Crippen LogP contribution in [0.15, 0.2) is 30.3 Å². The normalized spacial score (nSPS) is 10.3. The first-order chi connectivity index (χ1) is 14.2. The number of nitrogens with one attached hydrogen (secondary N) is 1. The average Bonchev–Trinajstić information content (AvgIpc) is 2.75. The van der Waals surface area contributed by atoms with Crippen molar-refractivity contribution in [3.63, 3.8) is 0 Å². The van der Waals surface area contributed by atoms with Crippen LogP contribution in [0.3, 0.4) is 0 Å². The van der Waals surface area contributed by atoms with Gasteiger partial charge in [-0.3, -0.25) is 4.79 Å². The van der Waals surface area contributed by atoms with Gasteiger partial charge < -0.3 is 4.84 Å². The van der Waals surface area contributed by atoms with E-state index in [-0.39, 0.29) is 35.5 Å². The van der Waals surface area contributed by atoms with Crippen molar-refractivity contribution < 1.29 is 14.4 Å². The van der Waals surface area contributed by atoms with Gasteiger partial charge in [-0.15, -0.1) is 0 Å². The second-order valence-electron chi connectivity index (χ2n) is 7.98. The Bertz CT molecular complexity index is 536. The minimum atomic E-state index is -0.532. The molecule has 0 aliphatic rings. The average molecular weight is 428 g/mol. The molecule has 166 valence electrons. The molecule has 0 radical (unpaired) electrons. The number of hydrogen-bond acceptors (Lipinski definition) is 3. The summed E-state index contributed by atoms with van der Waals surface area (Å²) in [4.78, 5) is 28.3. The van der Waals surface area contributed by atoms with Crippen molar-refractivity contribution in [1.82, 2.24) is 5.48 Å². The van der Waals surface area contributed by atoms with E-state index in [4.69, 9.17) is 4.84 Å². The van der Waals surface area contributed by atoms with Crippen molar-refractivity contribution in [2.24, 2.45) is 0 Å². The van der Waals surface area contributed by atoms with Gasteiger partial charge in [0.2, 0.25) is 0 Å². The molecule has 0 heterocycles. The molecule has 0 unspecified atom stereocenters. The van der Waals surface area contributed by atoms with E-state index >= 15 is 0 Å². The molecular formula is C25H42NNaO3. The van der Waals surface area contributed by atoms with E-state index in [1.54, 1.807) is 24.3 Å². The van der Waals surface area contributed by atoms with Crippen molar-refractivity contribution in [3.05, 3.63) is 35.9 Å². The quantitative estimate of drug-likeness (QED) is 0.176. The molecular weight excluding hydrogens is 385 g/mol. The monoisotopic (exact) mass is 427 g/mol. The number of carbonyl (C=O) groups excluding carboxylic acids is 2. The Hall–Kier alpha value is -0.840. The van der Waals surface area contributed by atoms with Crippen molar-refractivity contribution >= 4 is 41.4 Å². The standard InChI is InChI=1S/C25H41NO3.Na.H/c1-2-3-4-5-6-7-8-9-10-11-12-13-14-15-19-22-24(27)26-29-25(28)23-20-17-16-18-21-23;;/h16-18,20-21H,2-15,19,22H2,1H3,(H,26,27);;. The molecule has 0 bridgehead atoms. The SMILES string of the molecule is CCCCCCCCCCCCCCCCCC(=O)NOC(=O)c1ccccc1.[NaH]. The van der Waals surface area contributed by atoms with E-state index in [2.05, 4.69) is 12.4 Å². The van der Waals surface area contributed by atoms with Crippen LogP contribution in [0.4, 0.5) is 0 Å². The van der Waals surface area contributed by atoms with Crippen molar-refractivity contribution in [2.75, 3.05) is 0 Å². The first-order valence-corrected chi connectivity index (χ1v) is 11.8. The number of unbranched alkanes of at least 4 members (excludes halogenated alkanes) is 14. The van der Waals surface area contributed by atoms with Crippen LogP contribution in [0, 0.1) is 0 Å². The summed E-state index contributed by atoms with van der Waals surface area (Å²) in [5, 5.41) is 0. The van der Waals surface area contributed by atoms with Gasteiger partial charge in [0.15, 0.2) is 0 Å². The van der Waals surface area contributed by atoms with Crippen molar-refractivity contribution in [2.45, 2.75) is 110 Å². The number of rotatable bonds is 17. The molecule has 0 saturated heterocycles. The number of carbonyl (C=O) groups is 2. The van der Waals surface area contributed by atoms with Crippen LogP contribution in [0.2, 0.25) is 0 Å². The Morgan fingerprint density at radius 1 is 0.700 bits per heavy atom. The molecule has 1 N–H and O–H groups in total. The summed E-state index contributed by atoms with van der Waals surface area (Å²) in [7, 11) is 0. The molecule has 0 saturated carbocycles. The maximum atomic E-state index is 11.7. The van der Waals surface area contributed by atoms with E-state index < -0.39 is 5.97 Å². The van der Waals surface area contributed by atoms with Gasteiger partial charge in [0.05, 0.1) is 5.56 Å². The predicted molar refractivity (Wildman–Crippen MR) is 127 cm³/mol. The molecule has 5 heteroatoms. The van der Waals surface area contributed by atoms with E-state index in [0.29, 0.717) is 12.0 Å². The Morgan fingerprint density at radius 3 is 1.60 bits per heavy atom. The third kappa shape index (κ3) is 16.9. The van der Waals surface area contributed by atoms with Gasteiger partial charge in [-0.1, -0.05) is 115 Å². The Morgan fingerprint density at radius 2 is 1.13 bits per heavy atom. The van der Waals surface area contributed by atoms with Crippen molar-refractivity contribution in [1.29, 1.82) is 0 Å². The molecule has 4 nitrogen and oxygen atoms in total. The molecule has 0 aliphatic heterocycles. The van der Waals surface area contributed by atoms with Gasteiger partial charge in [-0.25, -0.2) is 4.79 Å². The number of hydroxylamine groups is 1.